The molecule has 49 heavy (non-hydrogen) atoms. The molecule has 3 aromatic heterocycles. The number of fused-ring (bicyclic) bond motifs is 1. The van der Waals surface area contributed by atoms with Crippen LogP contribution >= 0.6 is 0 Å². The van der Waals surface area contributed by atoms with Crippen LogP contribution in [0.15, 0.2) is 128 Å². The van der Waals surface area contributed by atoms with Crippen molar-refractivity contribution in [1.29, 1.82) is 0 Å². The monoisotopic (exact) mass is 641 g/mol. The third-order valence-electron chi connectivity index (χ3n) is 9.18. The van der Waals surface area contributed by atoms with Crippen molar-refractivity contribution < 1.29 is 5.11 Å². The molecule has 4 aromatic carbocycles. The predicted molar refractivity (Wildman–Crippen MR) is 204 cm³/mol. The molecule has 244 valence electrons. The number of benzene rings is 4. The summed E-state index contributed by atoms with van der Waals surface area (Å²) < 4.78 is 2.16. The van der Waals surface area contributed by atoms with Gasteiger partial charge in [0.25, 0.3) is 0 Å². The number of aromatic nitrogens is 3. The zero-order valence-corrected chi connectivity index (χ0v) is 29.0. The summed E-state index contributed by atoms with van der Waals surface area (Å²) in [6, 6.07) is 40.4. The first kappa shape index (κ1) is 32.1. The molecule has 0 amide bonds. The molecule has 0 saturated heterocycles. The molecule has 3 heterocycles. The van der Waals surface area contributed by atoms with E-state index in [9.17, 15) is 5.11 Å². The number of aryl methyl sites for hydroxylation is 1. The minimum Gasteiger partial charge on any atom is -0.507 e. The van der Waals surface area contributed by atoms with Gasteiger partial charge in [0.1, 0.15) is 11.4 Å². The van der Waals surface area contributed by atoms with Gasteiger partial charge in [-0.1, -0.05) is 94.4 Å². The molecular formula is C45H43N3O. The molecule has 0 aliphatic heterocycles. The van der Waals surface area contributed by atoms with Gasteiger partial charge in [0.15, 0.2) is 0 Å². The van der Waals surface area contributed by atoms with Gasteiger partial charge in [-0.25, -0.2) is 4.98 Å². The quantitative estimate of drug-likeness (QED) is 0.171. The van der Waals surface area contributed by atoms with E-state index < -0.39 is 0 Å². The van der Waals surface area contributed by atoms with Crippen LogP contribution in [0.3, 0.4) is 0 Å². The first-order valence-corrected chi connectivity index (χ1v) is 17.3. The molecule has 7 rings (SSSR count). The number of aromatic hydroxyl groups is 1. The molecular weight excluding hydrogens is 599 g/mol. The first-order chi connectivity index (χ1) is 23.7. The zero-order chi connectivity index (χ0) is 34.1. The maximum absolute atomic E-state index is 11.7. The van der Waals surface area contributed by atoms with Crippen LogP contribution in [-0.4, -0.2) is 19.5 Å². The van der Waals surface area contributed by atoms with E-state index in [0.29, 0.717) is 17.6 Å². The molecule has 0 radical (unpaired) electrons. The molecule has 0 fully saturated rings. The summed E-state index contributed by atoms with van der Waals surface area (Å²) in [5.74, 6) is 1.27. The van der Waals surface area contributed by atoms with Crippen LogP contribution < -0.4 is 0 Å². The van der Waals surface area contributed by atoms with Gasteiger partial charge in [0, 0.05) is 34.8 Å². The average molecular weight is 642 g/mol. The Bertz CT molecular complexity index is 2250. The van der Waals surface area contributed by atoms with E-state index in [1.54, 1.807) is 0 Å². The van der Waals surface area contributed by atoms with Crippen molar-refractivity contribution in [3.8, 4) is 61.6 Å². The molecule has 0 aliphatic rings. The van der Waals surface area contributed by atoms with Crippen LogP contribution in [0.1, 0.15) is 44.5 Å². The predicted octanol–water partition coefficient (Wildman–Crippen LogP) is 11.5. The Labute approximate surface area is 289 Å². The molecule has 4 nitrogen and oxygen atoms in total. The van der Waals surface area contributed by atoms with Crippen LogP contribution in [0, 0.1) is 18.8 Å². The summed E-state index contributed by atoms with van der Waals surface area (Å²) >= 11 is 0. The topological polar surface area (TPSA) is 50.4 Å². The highest BCUT2D eigenvalue weighted by Gasteiger charge is 2.21. The Balaban J connectivity index is 1.41. The van der Waals surface area contributed by atoms with E-state index in [1.165, 1.54) is 5.56 Å². The molecule has 4 heteroatoms. The summed E-state index contributed by atoms with van der Waals surface area (Å²) in [5, 5.41) is 11.7. The molecule has 0 saturated carbocycles. The second-order valence-electron chi connectivity index (χ2n) is 14.0. The largest absolute Gasteiger partial charge is 0.507 e. The Hall–Kier alpha value is -5.48. The van der Waals surface area contributed by atoms with E-state index >= 15 is 0 Å². The normalized spacial score (nSPS) is 11.6. The molecule has 1 N–H and O–H groups in total. The van der Waals surface area contributed by atoms with Crippen LogP contribution in [-0.2, 0) is 12.8 Å². The molecule has 7 aromatic rings. The van der Waals surface area contributed by atoms with Gasteiger partial charge < -0.3 is 9.51 Å². The van der Waals surface area contributed by atoms with Gasteiger partial charge in [-0.2, -0.15) is 0 Å². The second kappa shape index (κ2) is 13.6. The van der Waals surface area contributed by atoms with E-state index in [-0.39, 0.29) is 0 Å². The summed E-state index contributed by atoms with van der Waals surface area (Å²) in [6.07, 6.45) is 5.73. The number of nitrogens with zero attached hydrogens (tertiary/aromatic N) is 3. The number of hydrogen-bond donors (Lipinski definition) is 1. The molecule has 0 unspecified atom stereocenters. The minimum atomic E-state index is 0.340. The van der Waals surface area contributed by atoms with Crippen molar-refractivity contribution in [3.05, 3.63) is 144 Å². The number of rotatable bonds is 9. The summed E-state index contributed by atoms with van der Waals surface area (Å²) in [5.41, 5.74) is 14.3. The smallest absolute Gasteiger partial charge is 0.145 e. The van der Waals surface area contributed by atoms with Crippen LogP contribution in [0.25, 0.3) is 61.5 Å². The van der Waals surface area contributed by atoms with Gasteiger partial charge in [-0.05, 0) is 119 Å². The van der Waals surface area contributed by atoms with Crippen molar-refractivity contribution >= 4 is 5.65 Å². The minimum absolute atomic E-state index is 0.340. The first-order valence-electron chi connectivity index (χ1n) is 17.3. The number of imidazole rings is 1. The van der Waals surface area contributed by atoms with Crippen molar-refractivity contribution in [1.82, 2.24) is 14.4 Å². The van der Waals surface area contributed by atoms with E-state index in [1.807, 2.05) is 18.3 Å². The molecule has 0 bridgehead atoms. The van der Waals surface area contributed by atoms with E-state index in [0.717, 1.165) is 85.6 Å². The molecule has 0 spiro atoms. The Morgan fingerprint density at radius 1 is 0.612 bits per heavy atom. The van der Waals surface area contributed by atoms with Crippen LogP contribution in [0.4, 0.5) is 0 Å². The highest BCUT2D eigenvalue weighted by Crippen LogP contribution is 2.40. The average Bonchev–Trinajstić information content (AvgIpc) is 3.45. The fourth-order valence-electron chi connectivity index (χ4n) is 6.92. The van der Waals surface area contributed by atoms with Gasteiger partial charge >= 0.3 is 0 Å². The summed E-state index contributed by atoms with van der Waals surface area (Å²) in [7, 11) is 0. The number of pyridine rings is 2. The highest BCUT2D eigenvalue weighted by molar-refractivity contribution is 5.87. The van der Waals surface area contributed by atoms with Crippen molar-refractivity contribution in [2.75, 3.05) is 0 Å². The fraction of sp³-hybridized carbons (Fsp3) is 0.200. The third-order valence-corrected chi connectivity index (χ3v) is 9.18. The van der Waals surface area contributed by atoms with Crippen molar-refractivity contribution in [2.24, 2.45) is 11.8 Å². The van der Waals surface area contributed by atoms with E-state index in [4.69, 9.17) is 9.97 Å². The fourth-order valence-corrected chi connectivity index (χ4v) is 6.92. The van der Waals surface area contributed by atoms with Gasteiger partial charge in [0.05, 0.1) is 11.4 Å². The molecule has 0 aliphatic carbocycles. The highest BCUT2D eigenvalue weighted by atomic mass is 16.3. The van der Waals surface area contributed by atoms with Crippen molar-refractivity contribution in [3.63, 3.8) is 0 Å². The lowest BCUT2D eigenvalue weighted by Crippen LogP contribution is -2.01. The maximum Gasteiger partial charge on any atom is 0.145 e. The van der Waals surface area contributed by atoms with Crippen LogP contribution in [0.2, 0.25) is 0 Å². The number of hydrogen-bond acceptors (Lipinski definition) is 3. The summed E-state index contributed by atoms with van der Waals surface area (Å²) in [6.45, 7) is 11.0. The lowest BCUT2D eigenvalue weighted by molar-refractivity contribution is 0.463. The lowest BCUT2D eigenvalue weighted by Gasteiger charge is -2.15. The lowest BCUT2D eigenvalue weighted by atomic mass is 9.92. The standard InChI is InChI=1S/C45H43N3O/c1-29(2)21-32-23-39(22-30(3)4)44(49)41(24-32)43-31(5)48-20-12-17-40(45(48)47-43)37-25-36(34-15-10-7-11-16-34)26-38(27-37)42-28-35(18-19-46-42)33-13-8-6-9-14-33/h6-20,23-30,49H,21-22H2,1-5H3. The second-order valence-corrected chi connectivity index (χ2v) is 14.0. The zero-order valence-electron chi connectivity index (χ0n) is 29.0. The number of phenols is 1. The molecule has 0 atom stereocenters. The number of phenolic OH excluding ortho intramolecular Hbond substituents is 1. The van der Waals surface area contributed by atoms with E-state index in [2.05, 4.69) is 148 Å². The Morgan fingerprint density at radius 3 is 1.96 bits per heavy atom. The maximum atomic E-state index is 11.7. The van der Waals surface area contributed by atoms with Gasteiger partial charge in [-0.15, -0.1) is 0 Å². The Kier molecular flexibility index (Phi) is 8.88. The van der Waals surface area contributed by atoms with Crippen molar-refractivity contribution in [2.45, 2.75) is 47.5 Å². The van der Waals surface area contributed by atoms with Gasteiger partial charge in [0.2, 0.25) is 0 Å². The summed E-state index contributed by atoms with van der Waals surface area (Å²) in [4.78, 5) is 10.1. The third kappa shape index (κ3) is 6.64. The SMILES string of the molecule is Cc1c(-c2cc(CC(C)C)cc(CC(C)C)c2O)nc2c(-c3cc(-c4ccccc4)cc(-c4cc(-c5ccccc5)ccn4)c3)cccn12. The van der Waals surface area contributed by atoms with Crippen LogP contribution in [0.5, 0.6) is 5.75 Å². The van der Waals surface area contributed by atoms with Gasteiger partial charge in [-0.3, -0.25) is 4.98 Å². The Morgan fingerprint density at radius 2 is 1.27 bits per heavy atom.